The summed E-state index contributed by atoms with van der Waals surface area (Å²) in [6.45, 7) is 0. The van der Waals surface area contributed by atoms with Gasteiger partial charge in [-0.15, -0.1) is 11.3 Å². The molecule has 2 saturated carbocycles. The Bertz CT molecular complexity index is 323. The van der Waals surface area contributed by atoms with Crippen LogP contribution in [-0.4, -0.2) is 4.98 Å². The average Bonchev–Trinajstić information content (AvgIpc) is 2.80. The summed E-state index contributed by atoms with van der Waals surface area (Å²) in [5, 5.41) is 3.39. The minimum absolute atomic E-state index is 0.0438. The van der Waals surface area contributed by atoms with E-state index < -0.39 is 0 Å². The van der Waals surface area contributed by atoms with Crippen molar-refractivity contribution < 1.29 is 0 Å². The molecule has 0 spiro atoms. The van der Waals surface area contributed by atoms with Gasteiger partial charge in [-0.2, -0.15) is 0 Å². The molecule has 1 aromatic heterocycles. The van der Waals surface area contributed by atoms with Gasteiger partial charge in [-0.1, -0.05) is 0 Å². The lowest BCUT2D eigenvalue weighted by Gasteiger charge is -2.35. The summed E-state index contributed by atoms with van der Waals surface area (Å²) in [6, 6.07) is 0. The molecule has 1 aromatic rings. The average molecular weight is 194 g/mol. The van der Waals surface area contributed by atoms with E-state index in [1.54, 1.807) is 11.3 Å². The first-order valence-electron chi connectivity index (χ1n) is 5.03. The summed E-state index contributed by atoms with van der Waals surface area (Å²) in [6.07, 6.45) is 6.20. The predicted molar refractivity (Wildman–Crippen MR) is 53.8 cm³/mol. The molecule has 0 atom stereocenters. The Balaban J connectivity index is 1.87. The molecular formula is C10H14N2S. The molecule has 2 fully saturated rings. The van der Waals surface area contributed by atoms with Gasteiger partial charge in [-0.25, -0.2) is 4.98 Å². The van der Waals surface area contributed by atoms with E-state index in [9.17, 15) is 0 Å². The van der Waals surface area contributed by atoms with Crippen molar-refractivity contribution >= 4 is 11.3 Å². The van der Waals surface area contributed by atoms with Crippen LogP contribution in [0.4, 0.5) is 0 Å². The molecule has 2 N–H and O–H groups in total. The van der Waals surface area contributed by atoms with Gasteiger partial charge in [0.05, 0.1) is 11.2 Å². The summed E-state index contributed by atoms with van der Waals surface area (Å²) >= 11 is 1.76. The quantitative estimate of drug-likeness (QED) is 0.785. The molecule has 0 aliphatic heterocycles. The molecule has 0 amide bonds. The minimum Gasteiger partial charge on any atom is -0.319 e. The summed E-state index contributed by atoms with van der Waals surface area (Å²) in [5.74, 6) is 0.772. The third-order valence-corrected chi connectivity index (χ3v) is 4.27. The normalized spacial score (nSPS) is 25.6. The molecule has 1 heterocycles. The van der Waals surface area contributed by atoms with Gasteiger partial charge in [-0.05, 0) is 32.1 Å². The van der Waals surface area contributed by atoms with Crippen molar-refractivity contribution in [1.29, 1.82) is 0 Å². The van der Waals surface area contributed by atoms with Crippen LogP contribution in [0.25, 0.3) is 0 Å². The Hall–Kier alpha value is -0.410. The van der Waals surface area contributed by atoms with Gasteiger partial charge >= 0.3 is 0 Å². The van der Waals surface area contributed by atoms with Gasteiger partial charge < -0.3 is 5.73 Å². The standard InChI is InChI=1S/C10H14N2S/c11-10(4-1-5-10)9-12-8(6-13-9)7-2-3-7/h6-7H,1-5,11H2. The zero-order valence-electron chi connectivity index (χ0n) is 7.62. The van der Waals surface area contributed by atoms with Crippen molar-refractivity contribution in [3.05, 3.63) is 16.1 Å². The van der Waals surface area contributed by atoms with E-state index in [1.807, 2.05) is 0 Å². The number of rotatable bonds is 2. The highest BCUT2D eigenvalue weighted by Crippen LogP contribution is 2.44. The van der Waals surface area contributed by atoms with Crippen molar-refractivity contribution in [1.82, 2.24) is 4.98 Å². The van der Waals surface area contributed by atoms with Crippen molar-refractivity contribution in [2.24, 2.45) is 5.73 Å². The largest absolute Gasteiger partial charge is 0.319 e. The summed E-state index contributed by atoms with van der Waals surface area (Å²) < 4.78 is 0. The molecule has 13 heavy (non-hydrogen) atoms. The zero-order valence-corrected chi connectivity index (χ0v) is 8.44. The van der Waals surface area contributed by atoms with Gasteiger partial charge in [0.2, 0.25) is 0 Å². The first-order chi connectivity index (χ1) is 6.28. The van der Waals surface area contributed by atoms with Crippen molar-refractivity contribution in [2.45, 2.75) is 43.6 Å². The summed E-state index contributed by atoms with van der Waals surface area (Å²) in [4.78, 5) is 4.66. The summed E-state index contributed by atoms with van der Waals surface area (Å²) in [7, 11) is 0. The van der Waals surface area contributed by atoms with Crippen LogP contribution in [0.1, 0.15) is 48.7 Å². The van der Waals surface area contributed by atoms with E-state index in [1.165, 1.54) is 30.0 Å². The van der Waals surface area contributed by atoms with Gasteiger partial charge in [-0.3, -0.25) is 0 Å². The Labute approximate surface area is 82.2 Å². The molecule has 0 aromatic carbocycles. The van der Waals surface area contributed by atoms with Gasteiger partial charge in [0, 0.05) is 11.3 Å². The van der Waals surface area contributed by atoms with Crippen LogP contribution < -0.4 is 5.73 Å². The van der Waals surface area contributed by atoms with Crippen LogP contribution in [0.15, 0.2) is 5.38 Å². The van der Waals surface area contributed by atoms with E-state index in [0.717, 1.165) is 18.8 Å². The molecule has 0 saturated heterocycles. The van der Waals surface area contributed by atoms with E-state index >= 15 is 0 Å². The Morgan fingerprint density at radius 3 is 2.77 bits per heavy atom. The van der Waals surface area contributed by atoms with Crippen LogP contribution in [0.2, 0.25) is 0 Å². The number of aromatic nitrogens is 1. The molecule has 3 heteroatoms. The lowest BCUT2D eigenvalue weighted by Crippen LogP contribution is -2.43. The third kappa shape index (κ3) is 1.22. The molecule has 0 radical (unpaired) electrons. The van der Waals surface area contributed by atoms with Crippen molar-refractivity contribution in [2.75, 3.05) is 0 Å². The second-order valence-corrected chi connectivity index (χ2v) is 5.22. The van der Waals surface area contributed by atoms with Gasteiger partial charge in [0.15, 0.2) is 0 Å². The Morgan fingerprint density at radius 2 is 2.23 bits per heavy atom. The maximum Gasteiger partial charge on any atom is 0.113 e. The first-order valence-corrected chi connectivity index (χ1v) is 5.91. The highest BCUT2D eigenvalue weighted by molar-refractivity contribution is 7.09. The number of nitrogens with zero attached hydrogens (tertiary/aromatic N) is 1. The second-order valence-electron chi connectivity index (χ2n) is 4.36. The molecule has 2 aliphatic rings. The maximum atomic E-state index is 6.21. The van der Waals surface area contributed by atoms with E-state index in [-0.39, 0.29) is 5.54 Å². The molecular weight excluding hydrogens is 180 g/mol. The molecule has 0 unspecified atom stereocenters. The monoisotopic (exact) mass is 194 g/mol. The summed E-state index contributed by atoms with van der Waals surface area (Å²) in [5.41, 5.74) is 7.46. The number of thiazole rings is 1. The van der Waals surface area contributed by atoms with E-state index in [0.29, 0.717) is 0 Å². The van der Waals surface area contributed by atoms with Crippen molar-refractivity contribution in [3.63, 3.8) is 0 Å². The lowest BCUT2D eigenvalue weighted by atomic mass is 9.78. The smallest absolute Gasteiger partial charge is 0.113 e. The van der Waals surface area contributed by atoms with E-state index in [4.69, 9.17) is 5.73 Å². The maximum absolute atomic E-state index is 6.21. The van der Waals surface area contributed by atoms with Crippen LogP contribution >= 0.6 is 11.3 Å². The fourth-order valence-corrected chi connectivity index (χ4v) is 2.93. The van der Waals surface area contributed by atoms with Crippen LogP contribution in [0.5, 0.6) is 0 Å². The number of nitrogens with two attached hydrogens (primary N) is 1. The fourth-order valence-electron chi connectivity index (χ4n) is 1.85. The molecule has 0 bridgehead atoms. The predicted octanol–water partition coefficient (Wildman–Crippen LogP) is 2.36. The second kappa shape index (κ2) is 2.55. The molecule has 70 valence electrons. The highest BCUT2D eigenvalue weighted by Gasteiger charge is 2.38. The Kier molecular flexibility index (Phi) is 1.56. The van der Waals surface area contributed by atoms with Crippen LogP contribution in [0, 0.1) is 0 Å². The van der Waals surface area contributed by atoms with Gasteiger partial charge in [0.1, 0.15) is 5.01 Å². The van der Waals surface area contributed by atoms with Crippen LogP contribution in [-0.2, 0) is 5.54 Å². The fraction of sp³-hybridized carbons (Fsp3) is 0.700. The Morgan fingerprint density at radius 1 is 1.46 bits per heavy atom. The molecule has 2 nitrogen and oxygen atoms in total. The topological polar surface area (TPSA) is 38.9 Å². The van der Waals surface area contributed by atoms with Gasteiger partial charge in [0.25, 0.3) is 0 Å². The lowest BCUT2D eigenvalue weighted by molar-refractivity contribution is 0.252. The number of hydrogen-bond acceptors (Lipinski definition) is 3. The highest BCUT2D eigenvalue weighted by atomic mass is 32.1. The molecule has 2 aliphatic carbocycles. The van der Waals surface area contributed by atoms with E-state index in [2.05, 4.69) is 10.4 Å². The SMILES string of the molecule is NC1(c2nc(C3CC3)cs2)CCC1. The zero-order chi connectivity index (χ0) is 8.89. The van der Waals surface area contributed by atoms with Crippen LogP contribution in [0.3, 0.4) is 0 Å². The third-order valence-electron chi connectivity index (χ3n) is 3.19. The first kappa shape index (κ1) is 7.94. The molecule has 3 rings (SSSR count). The number of hydrogen-bond donors (Lipinski definition) is 1. The van der Waals surface area contributed by atoms with Crippen molar-refractivity contribution in [3.8, 4) is 0 Å². The minimum atomic E-state index is -0.0438.